The molecule has 1 N–H and O–H groups in total. The van der Waals surface area contributed by atoms with E-state index in [1.807, 2.05) is 28.9 Å². The van der Waals surface area contributed by atoms with E-state index in [1.165, 1.54) is 0 Å². The summed E-state index contributed by atoms with van der Waals surface area (Å²) in [5.74, 6) is 1.26. The minimum atomic E-state index is -0.179. The van der Waals surface area contributed by atoms with Crippen molar-refractivity contribution in [3.63, 3.8) is 0 Å². The van der Waals surface area contributed by atoms with E-state index in [0.29, 0.717) is 23.0 Å². The lowest BCUT2D eigenvalue weighted by molar-refractivity contribution is 0.102. The first-order valence-electron chi connectivity index (χ1n) is 8.08. The van der Waals surface area contributed by atoms with Gasteiger partial charge in [0.15, 0.2) is 5.82 Å². The van der Waals surface area contributed by atoms with Gasteiger partial charge < -0.3 is 10.1 Å². The Hall–Kier alpha value is -3.22. The van der Waals surface area contributed by atoms with Crippen molar-refractivity contribution in [2.45, 2.75) is 18.9 Å². The highest BCUT2D eigenvalue weighted by Gasteiger charge is 2.28. The van der Waals surface area contributed by atoms with Crippen LogP contribution in [0.15, 0.2) is 48.5 Å². The molecule has 0 unspecified atom stereocenters. The second-order valence-electron chi connectivity index (χ2n) is 5.94. The van der Waals surface area contributed by atoms with Crippen molar-refractivity contribution in [2.75, 3.05) is 12.4 Å². The Morgan fingerprint density at radius 2 is 2.00 bits per heavy atom. The maximum atomic E-state index is 12.4. The normalized spacial score (nSPS) is 13.5. The molecule has 1 heterocycles. The third-order valence-corrected chi connectivity index (χ3v) is 4.12. The minimum Gasteiger partial charge on any atom is -0.497 e. The maximum Gasteiger partial charge on any atom is 0.255 e. The zero-order valence-electron chi connectivity index (χ0n) is 13.7. The number of methoxy groups -OCH3 is 1. The van der Waals surface area contributed by atoms with Crippen molar-refractivity contribution in [2.24, 2.45) is 0 Å². The predicted molar refractivity (Wildman–Crippen MR) is 92.5 cm³/mol. The third kappa shape index (κ3) is 3.21. The average Bonchev–Trinajstić information content (AvgIpc) is 3.38. The maximum absolute atomic E-state index is 12.4. The van der Waals surface area contributed by atoms with Crippen LogP contribution in [0.25, 0.3) is 11.4 Å². The van der Waals surface area contributed by atoms with Crippen LogP contribution in [0.1, 0.15) is 29.2 Å². The van der Waals surface area contributed by atoms with Crippen LogP contribution >= 0.6 is 0 Å². The Morgan fingerprint density at radius 1 is 1.20 bits per heavy atom. The van der Waals surface area contributed by atoms with Gasteiger partial charge in [0, 0.05) is 16.8 Å². The molecule has 0 atom stereocenters. The topological polar surface area (TPSA) is 81.9 Å². The van der Waals surface area contributed by atoms with Crippen molar-refractivity contribution in [3.05, 3.63) is 54.1 Å². The van der Waals surface area contributed by atoms with Crippen molar-refractivity contribution in [3.8, 4) is 17.1 Å². The highest BCUT2D eigenvalue weighted by atomic mass is 16.5. The van der Waals surface area contributed by atoms with Gasteiger partial charge in [-0.15, -0.1) is 5.10 Å². The summed E-state index contributed by atoms with van der Waals surface area (Å²) < 4.78 is 6.96. The van der Waals surface area contributed by atoms with Crippen molar-refractivity contribution in [1.29, 1.82) is 0 Å². The molecule has 126 valence electrons. The van der Waals surface area contributed by atoms with E-state index in [1.54, 1.807) is 31.4 Å². The predicted octanol–water partition coefficient (Wildman–Crippen LogP) is 2.94. The molecule has 2 aromatic carbocycles. The van der Waals surface area contributed by atoms with E-state index in [4.69, 9.17) is 4.74 Å². The lowest BCUT2D eigenvalue weighted by Crippen LogP contribution is -2.11. The number of benzene rings is 2. The van der Waals surface area contributed by atoms with Crippen molar-refractivity contribution >= 4 is 11.6 Å². The smallest absolute Gasteiger partial charge is 0.255 e. The number of rotatable bonds is 5. The number of tetrazole rings is 1. The largest absolute Gasteiger partial charge is 0.497 e. The molecular formula is C18H17N5O2. The fourth-order valence-electron chi connectivity index (χ4n) is 2.63. The molecule has 1 aliphatic rings. The highest BCUT2D eigenvalue weighted by molar-refractivity contribution is 6.04. The van der Waals surface area contributed by atoms with E-state index in [2.05, 4.69) is 20.8 Å². The number of ether oxygens (including phenoxy) is 1. The number of carbonyl (C=O) groups is 1. The summed E-state index contributed by atoms with van der Waals surface area (Å²) in [6.45, 7) is 0. The first kappa shape index (κ1) is 15.3. The van der Waals surface area contributed by atoms with Gasteiger partial charge in [0.1, 0.15) is 5.75 Å². The standard InChI is InChI=1S/C18H17N5O2/c1-25-16-9-5-12(6-10-16)18(24)19-14-4-2-3-13(11-14)17-20-21-22-23(17)15-7-8-15/h2-6,9-11,15H,7-8H2,1H3,(H,19,24). The van der Waals surface area contributed by atoms with Gasteiger partial charge in [-0.05, 0) is 59.7 Å². The number of aromatic nitrogens is 4. The monoisotopic (exact) mass is 335 g/mol. The molecular weight excluding hydrogens is 318 g/mol. The zero-order chi connectivity index (χ0) is 17.2. The van der Waals surface area contributed by atoms with Crippen LogP contribution in [0.4, 0.5) is 5.69 Å². The Balaban J connectivity index is 1.54. The molecule has 7 nitrogen and oxygen atoms in total. The molecule has 4 rings (SSSR count). The third-order valence-electron chi connectivity index (χ3n) is 4.12. The fourth-order valence-corrected chi connectivity index (χ4v) is 2.63. The fraction of sp³-hybridized carbons (Fsp3) is 0.222. The van der Waals surface area contributed by atoms with Gasteiger partial charge in [-0.25, -0.2) is 4.68 Å². The summed E-state index contributed by atoms with van der Waals surface area (Å²) >= 11 is 0. The Labute approximate surface area is 144 Å². The van der Waals surface area contributed by atoms with Gasteiger partial charge in [0.25, 0.3) is 5.91 Å². The average molecular weight is 335 g/mol. The SMILES string of the molecule is COc1ccc(C(=O)Nc2cccc(-c3nnnn3C3CC3)c2)cc1. The van der Waals surface area contributed by atoms with E-state index in [-0.39, 0.29) is 5.91 Å². The van der Waals surface area contributed by atoms with Crippen LogP contribution in [0, 0.1) is 0 Å². The molecule has 1 saturated carbocycles. The molecule has 1 fully saturated rings. The van der Waals surface area contributed by atoms with Gasteiger partial charge in [0.05, 0.1) is 13.2 Å². The quantitative estimate of drug-likeness (QED) is 0.775. The van der Waals surface area contributed by atoms with Gasteiger partial charge in [-0.1, -0.05) is 12.1 Å². The number of carbonyl (C=O) groups excluding carboxylic acids is 1. The lowest BCUT2D eigenvalue weighted by Gasteiger charge is -2.08. The number of nitrogens with zero attached hydrogens (tertiary/aromatic N) is 4. The molecule has 0 saturated heterocycles. The number of anilines is 1. The molecule has 1 aromatic heterocycles. The van der Waals surface area contributed by atoms with Crippen molar-refractivity contribution < 1.29 is 9.53 Å². The number of nitrogens with one attached hydrogen (secondary N) is 1. The summed E-state index contributed by atoms with van der Waals surface area (Å²) in [4.78, 5) is 12.4. The molecule has 25 heavy (non-hydrogen) atoms. The number of hydrogen-bond acceptors (Lipinski definition) is 5. The summed E-state index contributed by atoms with van der Waals surface area (Å²) in [6.07, 6.45) is 2.21. The zero-order valence-corrected chi connectivity index (χ0v) is 13.7. The van der Waals surface area contributed by atoms with E-state index in [9.17, 15) is 4.79 Å². The highest BCUT2D eigenvalue weighted by Crippen LogP contribution is 2.36. The molecule has 0 bridgehead atoms. The molecule has 1 amide bonds. The van der Waals surface area contributed by atoms with Crippen LogP contribution < -0.4 is 10.1 Å². The number of hydrogen-bond donors (Lipinski definition) is 1. The van der Waals surface area contributed by atoms with Crippen LogP contribution in [0.3, 0.4) is 0 Å². The van der Waals surface area contributed by atoms with Crippen molar-refractivity contribution in [1.82, 2.24) is 20.2 Å². The second-order valence-corrected chi connectivity index (χ2v) is 5.94. The van der Waals surface area contributed by atoms with Crippen LogP contribution in [0.2, 0.25) is 0 Å². The Bertz CT molecular complexity index is 900. The Morgan fingerprint density at radius 3 is 2.72 bits per heavy atom. The molecule has 7 heteroatoms. The van der Waals surface area contributed by atoms with Gasteiger partial charge in [0.2, 0.25) is 0 Å². The second kappa shape index (κ2) is 6.35. The molecule has 0 spiro atoms. The van der Waals surface area contributed by atoms with E-state index in [0.717, 1.165) is 24.2 Å². The van der Waals surface area contributed by atoms with E-state index < -0.39 is 0 Å². The minimum absolute atomic E-state index is 0.179. The first-order chi connectivity index (χ1) is 12.2. The van der Waals surface area contributed by atoms with E-state index >= 15 is 0 Å². The number of amides is 1. The van der Waals surface area contributed by atoms with Gasteiger partial charge >= 0.3 is 0 Å². The lowest BCUT2D eigenvalue weighted by atomic mass is 10.1. The summed E-state index contributed by atoms with van der Waals surface area (Å²) in [7, 11) is 1.59. The summed E-state index contributed by atoms with van der Waals surface area (Å²) in [5, 5.41) is 14.9. The van der Waals surface area contributed by atoms with Crippen LogP contribution in [-0.4, -0.2) is 33.2 Å². The van der Waals surface area contributed by atoms with Crippen LogP contribution in [0.5, 0.6) is 5.75 Å². The molecule has 0 aliphatic heterocycles. The molecule has 1 aliphatic carbocycles. The summed E-state index contributed by atoms with van der Waals surface area (Å²) in [6, 6.07) is 14.9. The molecule has 3 aromatic rings. The van der Waals surface area contributed by atoms with Crippen LogP contribution in [-0.2, 0) is 0 Å². The van der Waals surface area contributed by atoms with Gasteiger partial charge in [-0.2, -0.15) is 0 Å². The first-order valence-corrected chi connectivity index (χ1v) is 8.08. The molecule has 0 radical (unpaired) electrons. The Kier molecular flexibility index (Phi) is 3.89. The summed E-state index contributed by atoms with van der Waals surface area (Å²) in [5.41, 5.74) is 2.14. The van der Waals surface area contributed by atoms with Gasteiger partial charge in [-0.3, -0.25) is 4.79 Å².